The Morgan fingerprint density at radius 2 is 2.00 bits per heavy atom. The maximum Gasteiger partial charge on any atom is 0.317 e. The monoisotopic (exact) mass is 316 g/mol. The molecule has 0 aliphatic heterocycles. The van der Waals surface area contributed by atoms with Crippen LogP contribution in [0, 0.1) is 0 Å². The van der Waals surface area contributed by atoms with Gasteiger partial charge in [0.15, 0.2) is 0 Å². The van der Waals surface area contributed by atoms with Crippen LogP contribution in [0.1, 0.15) is 0 Å². The molecular weight excluding hydrogens is 303 g/mol. The fourth-order valence-corrected chi connectivity index (χ4v) is 1.83. The van der Waals surface area contributed by atoms with Gasteiger partial charge >= 0.3 is 5.97 Å². The Morgan fingerprint density at radius 3 is 2.55 bits per heavy atom. The molecule has 0 heterocycles. The maximum absolute atomic E-state index is 11.8. The lowest BCUT2D eigenvalue weighted by Crippen LogP contribution is -2.37. The first kappa shape index (κ1) is 16.5. The minimum atomic E-state index is -1.01. The number of hydrogen-bond acceptors (Lipinski definition) is 3. The average Bonchev–Trinajstić information content (AvgIpc) is 2.33. The van der Waals surface area contributed by atoms with Crippen LogP contribution in [-0.4, -0.2) is 41.5 Å². The summed E-state index contributed by atoms with van der Waals surface area (Å²) in [4.78, 5) is 23.9. The zero-order valence-corrected chi connectivity index (χ0v) is 12.1. The summed E-state index contributed by atoms with van der Waals surface area (Å²) in [7, 11) is 0. The van der Waals surface area contributed by atoms with Crippen LogP contribution in [-0.2, 0) is 9.59 Å². The summed E-state index contributed by atoms with van der Waals surface area (Å²) < 4.78 is 0. The summed E-state index contributed by atoms with van der Waals surface area (Å²) in [6, 6.07) is 4.70. The van der Waals surface area contributed by atoms with E-state index >= 15 is 0 Å². The number of anilines is 1. The maximum atomic E-state index is 11.8. The number of carboxylic acids is 1. The second kappa shape index (κ2) is 7.89. The summed E-state index contributed by atoms with van der Waals surface area (Å²) in [6.45, 7) is 3.54. The number of benzene rings is 1. The van der Waals surface area contributed by atoms with Crippen molar-refractivity contribution in [1.82, 2.24) is 4.90 Å². The normalized spacial score (nSPS) is 10.3. The van der Waals surface area contributed by atoms with Gasteiger partial charge in [0.25, 0.3) is 0 Å². The number of carboxylic acid groups (broad SMARTS) is 1. The Kier molecular flexibility index (Phi) is 6.51. The largest absolute Gasteiger partial charge is 0.480 e. The molecule has 1 aromatic carbocycles. The van der Waals surface area contributed by atoms with Crippen LogP contribution in [0.2, 0.25) is 10.0 Å². The van der Waals surface area contributed by atoms with Crippen LogP contribution in [0.15, 0.2) is 30.9 Å². The fraction of sp³-hybridized carbons (Fsp3) is 0.231. The first-order valence-corrected chi connectivity index (χ1v) is 6.48. The zero-order valence-electron chi connectivity index (χ0n) is 10.6. The van der Waals surface area contributed by atoms with Gasteiger partial charge in [-0.05, 0) is 18.2 Å². The van der Waals surface area contributed by atoms with Crippen LogP contribution >= 0.6 is 23.2 Å². The molecule has 1 aromatic rings. The molecule has 0 aliphatic rings. The molecule has 0 aliphatic carbocycles. The van der Waals surface area contributed by atoms with Gasteiger partial charge in [0, 0.05) is 12.2 Å². The van der Waals surface area contributed by atoms with Crippen molar-refractivity contribution in [3.8, 4) is 0 Å². The highest BCUT2D eigenvalue weighted by molar-refractivity contribution is 6.42. The van der Waals surface area contributed by atoms with E-state index in [2.05, 4.69) is 11.9 Å². The summed E-state index contributed by atoms with van der Waals surface area (Å²) in [6.07, 6.45) is 1.54. The van der Waals surface area contributed by atoms with Crippen molar-refractivity contribution in [2.75, 3.05) is 25.0 Å². The van der Waals surface area contributed by atoms with Gasteiger partial charge in [0.1, 0.15) is 0 Å². The number of halogens is 2. The van der Waals surface area contributed by atoms with E-state index in [4.69, 9.17) is 28.3 Å². The number of nitrogens with one attached hydrogen (secondary N) is 1. The van der Waals surface area contributed by atoms with Crippen LogP contribution < -0.4 is 5.32 Å². The van der Waals surface area contributed by atoms with Crippen LogP contribution in [0.4, 0.5) is 5.69 Å². The van der Waals surface area contributed by atoms with E-state index in [0.717, 1.165) is 0 Å². The third-order valence-electron chi connectivity index (χ3n) is 2.32. The molecular formula is C13H14Cl2N2O3. The van der Waals surface area contributed by atoms with Crippen LogP contribution in [0.5, 0.6) is 0 Å². The number of nitrogens with zero attached hydrogens (tertiary/aromatic N) is 1. The molecule has 1 rings (SSSR count). The first-order valence-electron chi connectivity index (χ1n) is 5.72. The molecule has 0 aromatic heterocycles. The van der Waals surface area contributed by atoms with Crippen molar-refractivity contribution < 1.29 is 14.7 Å². The van der Waals surface area contributed by atoms with E-state index in [1.54, 1.807) is 12.1 Å². The predicted octanol–water partition coefficient (Wildman–Crippen LogP) is 2.50. The minimum Gasteiger partial charge on any atom is -0.480 e. The van der Waals surface area contributed by atoms with Gasteiger partial charge in [0.05, 0.1) is 23.1 Å². The molecule has 7 heteroatoms. The van der Waals surface area contributed by atoms with E-state index < -0.39 is 5.97 Å². The Morgan fingerprint density at radius 1 is 1.30 bits per heavy atom. The second-order valence-corrected chi connectivity index (χ2v) is 4.84. The van der Waals surface area contributed by atoms with Gasteiger partial charge < -0.3 is 10.4 Å². The summed E-state index contributed by atoms with van der Waals surface area (Å²) >= 11 is 11.6. The topological polar surface area (TPSA) is 69.6 Å². The van der Waals surface area contributed by atoms with E-state index in [-0.39, 0.29) is 19.0 Å². The van der Waals surface area contributed by atoms with Crippen molar-refractivity contribution in [3.05, 3.63) is 40.9 Å². The molecule has 5 nitrogen and oxygen atoms in total. The predicted molar refractivity (Wildman–Crippen MR) is 79.4 cm³/mol. The van der Waals surface area contributed by atoms with Crippen molar-refractivity contribution >= 4 is 40.8 Å². The molecule has 2 N–H and O–H groups in total. The van der Waals surface area contributed by atoms with E-state index in [9.17, 15) is 9.59 Å². The van der Waals surface area contributed by atoms with Gasteiger partial charge in [0.2, 0.25) is 5.91 Å². The Hall–Kier alpha value is -1.56. The average molecular weight is 317 g/mol. The molecule has 0 saturated heterocycles. The summed E-state index contributed by atoms with van der Waals surface area (Å²) in [5, 5.41) is 12.1. The highest BCUT2D eigenvalue weighted by atomic mass is 35.5. The molecule has 0 saturated carbocycles. The fourth-order valence-electron chi connectivity index (χ4n) is 1.54. The quantitative estimate of drug-likeness (QED) is 0.758. The Bertz CT molecular complexity index is 520. The van der Waals surface area contributed by atoms with Gasteiger partial charge in [-0.25, -0.2) is 0 Å². The van der Waals surface area contributed by atoms with Gasteiger partial charge in [-0.3, -0.25) is 14.5 Å². The lowest BCUT2D eigenvalue weighted by molar-refractivity contribution is -0.138. The summed E-state index contributed by atoms with van der Waals surface area (Å²) in [5.41, 5.74) is 0.498. The molecule has 0 radical (unpaired) electrons. The number of hydrogen-bond donors (Lipinski definition) is 2. The molecule has 0 spiro atoms. The molecule has 0 unspecified atom stereocenters. The highest BCUT2D eigenvalue weighted by Crippen LogP contribution is 2.24. The van der Waals surface area contributed by atoms with E-state index in [0.29, 0.717) is 22.3 Å². The number of carbonyl (C=O) groups is 2. The second-order valence-electron chi connectivity index (χ2n) is 4.03. The number of aliphatic carboxylic acids is 1. The van der Waals surface area contributed by atoms with E-state index in [1.807, 2.05) is 0 Å². The molecule has 0 atom stereocenters. The first-order chi connectivity index (χ1) is 9.42. The number of amides is 1. The SMILES string of the molecule is C=CCN(CC(=O)O)CC(=O)Nc1ccc(Cl)c(Cl)c1. The third-order valence-corrected chi connectivity index (χ3v) is 3.06. The van der Waals surface area contributed by atoms with E-state index in [1.165, 1.54) is 17.0 Å². The number of carbonyl (C=O) groups excluding carboxylic acids is 1. The lowest BCUT2D eigenvalue weighted by Gasteiger charge is -2.17. The molecule has 0 fully saturated rings. The molecule has 20 heavy (non-hydrogen) atoms. The van der Waals surface area contributed by atoms with Gasteiger partial charge in [-0.15, -0.1) is 6.58 Å². The van der Waals surface area contributed by atoms with Crippen LogP contribution in [0.25, 0.3) is 0 Å². The Labute approximate surface area is 126 Å². The lowest BCUT2D eigenvalue weighted by atomic mass is 10.3. The minimum absolute atomic E-state index is 0.0570. The standard InChI is InChI=1S/C13H14Cl2N2O3/c1-2-5-17(8-13(19)20)7-12(18)16-9-3-4-10(14)11(15)6-9/h2-4,6H,1,5,7-8H2,(H,16,18)(H,19,20). The Balaban J connectivity index is 2.62. The van der Waals surface area contributed by atoms with Crippen molar-refractivity contribution in [2.24, 2.45) is 0 Å². The zero-order chi connectivity index (χ0) is 15.1. The van der Waals surface area contributed by atoms with Crippen molar-refractivity contribution in [3.63, 3.8) is 0 Å². The molecule has 108 valence electrons. The number of rotatable bonds is 7. The van der Waals surface area contributed by atoms with Crippen LogP contribution in [0.3, 0.4) is 0 Å². The third kappa shape index (κ3) is 5.61. The highest BCUT2D eigenvalue weighted by Gasteiger charge is 2.13. The van der Waals surface area contributed by atoms with Gasteiger partial charge in [-0.1, -0.05) is 29.3 Å². The van der Waals surface area contributed by atoms with Crippen molar-refractivity contribution in [2.45, 2.75) is 0 Å². The summed E-state index contributed by atoms with van der Waals surface area (Å²) in [5.74, 6) is -1.35. The molecule has 0 bridgehead atoms. The molecule has 1 amide bonds. The van der Waals surface area contributed by atoms with Crippen molar-refractivity contribution in [1.29, 1.82) is 0 Å². The van der Waals surface area contributed by atoms with Gasteiger partial charge in [-0.2, -0.15) is 0 Å². The smallest absolute Gasteiger partial charge is 0.317 e.